The van der Waals surface area contributed by atoms with Crippen LogP contribution in [0.5, 0.6) is 5.75 Å². The summed E-state index contributed by atoms with van der Waals surface area (Å²) in [5.41, 5.74) is 5.10. The molecular formula is C26H20ClFN4OS. The minimum Gasteiger partial charge on any atom is -0.480 e. The first-order valence-corrected chi connectivity index (χ1v) is 12.4. The molecule has 4 aromatic rings. The average Bonchev–Trinajstić information content (AvgIpc) is 3.26. The second-order valence-electron chi connectivity index (χ2n) is 8.30. The summed E-state index contributed by atoms with van der Waals surface area (Å²) in [7, 11) is 0. The van der Waals surface area contributed by atoms with Crippen LogP contribution in [-0.4, -0.2) is 21.0 Å². The number of aryl methyl sites for hydroxylation is 1. The fourth-order valence-corrected chi connectivity index (χ4v) is 5.10. The fraction of sp³-hybridized carbons (Fsp3) is 0.154. The van der Waals surface area contributed by atoms with Crippen LogP contribution in [0.2, 0.25) is 5.02 Å². The predicted octanol–water partition coefficient (Wildman–Crippen LogP) is 6.66. The number of hydrogen-bond acceptors (Lipinski definition) is 5. The molecule has 0 amide bonds. The minimum absolute atomic E-state index is 0.325. The molecule has 6 rings (SSSR count). The molecule has 2 aliphatic rings. The molecule has 170 valence electrons. The third-order valence-corrected chi connectivity index (χ3v) is 6.95. The maximum absolute atomic E-state index is 15.1. The standard InChI is InChI=1S/C26H20ClFN4OS/c1-14-7-9-15(10-8-14)23-21-22(29-25-30-26(34-2)31-32(23)25)18-13-16(27)11-12-20(18)33-24(21)17-5-3-4-6-19(17)28/h3-13,23-24H,1-2H3,(H,29,30,31)/t23-,24-/m0/s1. The number of halogens is 2. The van der Waals surface area contributed by atoms with E-state index in [0.717, 1.165) is 28.0 Å². The summed E-state index contributed by atoms with van der Waals surface area (Å²) in [5, 5.41) is 9.46. The van der Waals surface area contributed by atoms with E-state index in [1.54, 1.807) is 18.2 Å². The lowest BCUT2D eigenvalue weighted by Crippen LogP contribution is -2.32. The summed E-state index contributed by atoms with van der Waals surface area (Å²) in [6, 6.07) is 20.1. The van der Waals surface area contributed by atoms with E-state index in [0.29, 0.717) is 27.4 Å². The zero-order chi connectivity index (χ0) is 23.4. The van der Waals surface area contributed by atoms with E-state index in [4.69, 9.17) is 21.4 Å². The molecule has 0 bridgehead atoms. The third-order valence-electron chi connectivity index (χ3n) is 6.18. The van der Waals surface area contributed by atoms with Crippen molar-refractivity contribution in [1.82, 2.24) is 14.8 Å². The van der Waals surface area contributed by atoms with Crippen LogP contribution in [0, 0.1) is 12.7 Å². The molecule has 0 saturated carbocycles. The predicted molar refractivity (Wildman–Crippen MR) is 133 cm³/mol. The molecule has 8 heteroatoms. The summed E-state index contributed by atoms with van der Waals surface area (Å²) < 4.78 is 23.5. The van der Waals surface area contributed by atoms with Gasteiger partial charge in [-0.2, -0.15) is 4.98 Å². The number of ether oxygens (including phenoxy) is 1. The number of fused-ring (bicyclic) bond motifs is 3. The third kappa shape index (κ3) is 3.38. The summed E-state index contributed by atoms with van der Waals surface area (Å²) >= 11 is 7.85. The van der Waals surface area contributed by atoms with Crippen LogP contribution in [0.25, 0.3) is 5.70 Å². The van der Waals surface area contributed by atoms with Gasteiger partial charge in [0, 0.05) is 21.7 Å². The van der Waals surface area contributed by atoms with Crippen LogP contribution >= 0.6 is 23.4 Å². The number of nitrogens with zero attached hydrogens (tertiary/aromatic N) is 3. The number of nitrogens with one attached hydrogen (secondary N) is 1. The first-order chi connectivity index (χ1) is 16.5. The minimum atomic E-state index is -0.668. The smallest absolute Gasteiger partial charge is 0.227 e. The average molecular weight is 491 g/mol. The Morgan fingerprint density at radius 2 is 1.88 bits per heavy atom. The Hall–Kier alpha value is -3.29. The molecule has 0 fully saturated rings. The zero-order valence-corrected chi connectivity index (χ0v) is 20.0. The lowest BCUT2D eigenvalue weighted by molar-refractivity contribution is 0.218. The van der Waals surface area contributed by atoms with Crippen molar-refractivity contribution < 1.29 is 9.13 Å². The van der Waals surface area contributed by atoms with Gasteiger partial charge in [-0.3, -0.25) is 0 Å². The quantitative estimate of drug-likeness (QED) is 0.325. The summed E-state index contributed by atoms with van der Waals surface area (Å²) in [4.78, 5) is 4.69. The molecule has 0 saturated heterocycles. The fourth-order valence-electron chi connectivity index (χ4n) is 4.58. The Morgan fingerprint density at radius 1 is 1.09 bits per heavy atom. The monoisotopic (exact) mass is 490 g/mol. The maximum Gasteiger partial charge on any atom is 0.227 e. The van der Waals surface area contributed by atoms with Gasteiger partial charge in [-0.25, -0.2) is 9.07 Å². The van der Waals surface area contributed by atoms with Crippen molar-refractivity contribution in [2.75, 3.05) is 11.6 Å². The van der Waals surface area contributed by atoms with Crippen molar-refractivity contribution in [2.24, 2.45) is 0 Å². The number of hydrogen-bond donors (Lipinski definition) is 1. The molecule has 2 aliphatic heterocycles. The SMILES string of the molecule is CSc1nc2n(n1)[C@@H](c1ccc(C)cc1)C1=C(N2)c2cc(Cl)ccc2O[C@H]1c1ccccc1F. The Kier molecular flexibility index (Phi) is 5.12. The van der Waals surface area contributed by atoms with Crippen molar-refractivity contribution in [3.8, 4) is 5.75 Å². The van der Waals surface area contributed by atoms with Crippen LogP contribution < -0.4 is 10.1 Å². The van der Waals surface area contributed by atoms with Gasteiger partial charge in [-0.05, 0) is 43.0 Å². The van der Waals surface area contributed by atoms with Gasteiger partial charge < -0.3 is 10.1 Å². The van der Waals surface area contributed by atoms with E-state index in [1.807, 2.05) is 36.1 Å². The first-order valence-electron chi connectivity index (χ1n) is 10.8. The highest BCUT2D eigenvalue weighted by atomic mass is 35.5. The van der Waals surface area contributed by atoms with E-state index in [2.05, 4.69) is 34.6 Å². The second-order valence-corrected chi connectivity index (χ2v) is 9.50. The Labute approximate surface area is 205 Å². The van der Waals surface area contributed by atoms with Crippen LogP contribution in [0.3, 0.4) is 0 Å². The van der Waals surface area contributed by atoms with Crippen molar-refractivity contribution >= 4 is 35.0 Å². The van der Waals surface area contributed by atoms with Gasteiger partial charge in [0.25, 0.3) is 0 Å². The molecule has 0 radical (unpaired) electrons. The molecule has 3 aromatic carbocycles. The van der Waals surface area contributed by atoms with E-state index in [1.165, 1.54) is 17.8 Å². The van der Waals surface area contributed by atoms with Gasteiger partial charge in [0.05, 0.1) is 5.70 Å². The molecule has 0 spiro atoms. The molecule has 34 heavy (non-hydrogen) atoms. The summed E-state index contributed by atoms with van der Waals surface area (Å²) in [6.45, 7) is 2.05. The van der Waals surface area contributed by atoms with E-state index in [-0.39, 0.29) is 11.9 Å². The lowest BCUT2D eigenvalue weighted by atomic mass is 9.84. The van der Waals surface area contributed by atoms with Crippen LogP contribution in [0.4, 0.5) is 10.3 Å². The molecule has 0 aliphatic carbocycles. The van der Waals surface area contributed by atoms with Gasteiger partial charge >= 0.3 is 0 Å². The Morgan fingerprint density at radius 3 is 2.65 bits per heavy atom. The van der Waals surface area contributed by atoms with Gasteiger partial charge in [0.15, 0.2) is 6.10 Å². The largest absolute Gasteiger partial charge is 0.480 e. The topological polar surface area (TPSA) is 52.0 Å². The van der Waals surface area contributed by atoms with Crippen molar-refractivity contribution in [3.05, 3.63) is 105 Å². The molecule has 1 aromatic heterocycles. The molecule has 0 unspecified atom stereocenters. The van der Waals surface area contributed by atoms with Crippen LogP contribution in [-0.2, 0) is 0 Å². The van der Waals surface area contributed by atoms with Gasteiger partial charge in [-0.1, -0.05) is 71.4 Å². The second kappa shape index (κ2) is 8.18. The highest BCUT2D eigenvalue weighted by Crippen LogP contribution is 2.51. The molecule has 2 atom stereocenters. The van der Waals surface area contributed by atoms with E-state index < -0.39 is 6.10 Å². The number of thioether (sulfide) groups is 1. The summed E-state index contributed by atoms with van der Waals surface area (Å²) in [5.74, 6) is 0.923. The van der Waals surface area contributed by atoms with Gasteiger partial charge in [0.2, 0.25) is 11.1 Å². The lowest BCUT2D eigenvalue weighted by Gasteiger charge is -2.39. The van der Waals surface area contributed by atoms with E-state index >= 15 is 4.39 Å². The zero-order valence-electron chi connectivity index (χ0n) is 18.4. The highest BCUT2D eigenvalue weighted by molar-refractivity contribution is 7.98. The molecule has 5 nitrogen and oxygen atoms in total. The number of benzene rings is 3. The first kappa shape index (κ1) is 21.3. The maximum atomic E-state index is 15.1. The number of rotatable bonds is 3. The van der Waals surface area contributed by atoms with Crippen LogP contribution in [0.1, 0.15) is 34.4 Å². The molecule has 3 heterocycles. The molecular weight excluding hydrogens is 471 g/mol. The van der Waals surface area contributed by atoms with Crippen molar-refractivity contribution in [2.45, 2.75) is 24.2 Å². The Bertz CT molecular complexity index is 1450. The number of aromatic nitrogens is 3. The van der Waals surface area contributed by atoms with Gasteiger partial charge in [-0.15, -0.1) is 5.10 Å². The highest BCUT2D eigenvalue weighted by Gasteiger charge is 2.42. The van der Waals surface area contributed by atoms with Crippen LogP contribution in [0.15, 0.2) is 77.5 Å². The Balaban J connectivity index is 1.66. The number of anilines is 1. The summed E-state index contributed by atoms with van der Waals surface area (Å²) in [6.07, 6.45) is 1.27. The van der Waals surface area contributed by atoms with Crippen molar-refractivity contribution in [1.29, 1.82) is 0 Å². The van der Waals surface area contributed by atoms with Crippen molar-refractivity contribution in [3.63, 3.8) is 0 Å². The normalized spacial score (nSPS) is 18.5. The van der Waals surface area contributed by atoms with Gasteiger partial charge in [0.1, 0.15) is 17.6 Å². The molecule has 1 N–H and O–H groups in total. The van der Waals surface area contributed by atoms with E-state index in [9.17, 15) is 0 Å².